The maximum absolute atomic E-state index is 2.63. The first-order valence-electron chi connectivity index (χ1n) is 12.7. The van der Waals surface area contributed by atoms with Crippen LogP contribution in [-0.4, -0.2) is 0 Å². The summed E-state index contributed by atoms with van der Waals surface area (Å²) in [7, 11) is 0. The normalized spacial score (nSPS) is 28.2. The van der Waals surface area contributed by atoms with E-state index in [1.807, 2.05) is 0 Å². The third kappa shape index (κ3) is 3.43. The van der Waals surface area contributed by atoms with Gasteiger partial charge in [0.25, 0.3) is 0 Å². The summed E-state index contributed by atoms with van der Waals surface area (Å²) in [5.41, 5.74) is 8.85. The number of rotatable bonds is 4. The van der Waals surface area contributed by atoms with Gasteiger partial charge >= 0.3 is 0 Å². The fourth-order valence-electron chi connectivity index (χ4n) is 6.28. The van der Waals surface area contributed by atoms with Gasteiger partial charge in [-0.15, -0.1) is 0 Å². The Balaban J connectivity index is 1.66. The highest BCUT2D eigenvalue weighted by Gasteiger charge is 2.46. The van der Waals surface area contributed by atoms with E-state index >= 15 is 0 Å². The van der Waals surface area contributed by atoms with Crippen LogP contribution >= 0.6 is 0 Å². The Hall–Kier alpha value is -2.34. The summed E-state index contributed by atoms with van der Waals surface area (Å²) in [4.78, 5) is 0. The van der Waals surface area contributed by atoms with E-state index in [9.17, 15) is 0 Å². The van der Waals surface area contributed by atoms with Crippen molar-refractivity contribution in [3.8, 4) is 0 Å². The van der Waals surface area contributed by atoms with E-state index in [0.29, 0.717) is 5.92 Å². The standard InChI is InChI=1S/C32H38/c1-23(2)31(4)21-29-24(3)19-20-32(30(29)22-31,27-13-9-6-10-14-27)28-17-15-26(16-18-28)25-11-7-5-8-12-25/h6,9-10,13-20,22-23,25H,5,7-8,11-12,21H2,1-4H3. The monoisotopic (exact) mass is 422 g/mol. The Bertz CT molecular complexity index is 1060. The van der Waals surface area contributed by atoms with Crippen molar-refractivity contribution >= 4 is 0 Å². The summed E-state index contributed by atoms with van der Waals surface area (Å²) in [5.74, 6) is 1.36. The van der Waals surface area contributed by atoms with Crippen molar-refractivity contribution in [3.63, 3.8) is 0 Å². The molecule has 0 heteroatoms. The fourth-order valence-corrected chi connectivity index (χ4v) is 6.28. The SMILES string of the molecule is CC1=C2CC(C)(C(C)C)C=C2C(c2ccccc2)(c2ccc(C3CCCCC3)cc2)C=C1. The predicted molar refractivity (Wildman–Crippen MR) is 137 cm³/mol. The minimum Gasteiger partial charge on any atom is -0.0729 e. The molecule has 0 amide bonds. The molecule has 166 valence electrons. The zero-order valence-corrected chi connectivity index (χ0v) is 20.3. The number of hydrogen-bond donors (Lipinski definition) is 0. The molecule has 3 aliphatic rings. The molecule has 0 bridgehead atoms. The molecule has 5 rings (SSSR count). The van der Waals surface area contributed by atoms with Crippen LogP contribution in [0.4, 0.5) is 0 Å². The Morgan fingerprint density at radius 1 is 0.844 bits per heavy atom. The molecular formula is C32H38. The average molecular weight is 423 g/mol. The van der Waals surface area contributed by atoms with E-state index in [1.54, 1.807) is 5.57 Å². The predicted octanol–water partition coefficient (Wildman–Crippen LogP) is 8.90. The summed E-state index contributed by atoms with van der Waals surface area (Å²) in [5, 5.41) is 0. The van der Waals surface area contributed by atoms with Crippen molar-refractivity contribution in [3.05, 3.63) is 106 Å². The van der Waals surface area contributed by atoms with Crippen LogP contribution in [0.3, 0.4) is 0 Å². The van der Waals surface area contributed by atoms with Crippen molar-refractivity contribution in [2.24, 2.45) is 11.3 Å². The van der Waals surface area contributed by atoms with Gasteiger partial charge in [0.05, 0.1) is 5.41 Å². The first kappa shape index (κ1) is 21.5. The van der Waals surface area contributed by atoms with Gasteiger partial charge in [0.1, 0.15) is 0 Å². The zero-order chi connectivity index (χ0) is 22.3. The molecule has 0 aliphatic heterocycles. The van der Waals surface area contributed by atoms with Crippen LogP contribution in [0.1, 0.15) is 88.8 Å². The lowest BCUT2D eigenvalue weighted by molar-refractivity contribution is 0.308. The molecule has 1 fully saturated rings. The molecule has 1 saturated carbocycles. The quantitative estimate of drug-likeness (QED) is 0.461. The van der Waals surface area contributed by atoms with Gasteiger partial charge in [0.15, 0.2) is 0 Å². The molecule has 0 aromatic heterocycles. The molecule has 32 heavy (non-hydrogen) atoms. The van der Waals surface area contributed by atoms with E-state index in [2.05, 4.69) is 101 Å². The van der Waals surface area contributed by atoms with Crippen LogP contribution in [0, 0.1) is 11.3 Å². The van der Waals surface area contributed by atoms with Gasteiger partial charge in [0, 0.05) is 0 Å². The van der Waals surface area contributed by atoms with Crippen LogP contribution < -0.4 is 0 Å². The van der Waals surface area contributed by atoms with Gasteiger partial charge in [-0.3, -0.25) is 0 Å². The first-order chi connectivity index (χ1) is 15.4. The van der Waals surface area contributed by atoms with Crippen molar-refractivity contribution < 1.29 is 0 Å². The summed E-state index contributed by atoms with van der Waals surface area (Å²) in [6.45, 7) is 9.50. The number of allylic oxidation sites excluding steroid dienone is 6. The average Bonchev–Trinajstić information content (AvgIpc) is 3.21. The van der Waals surface area contributed by atoms with Gasteiger partial charge in [0.2, 0.25) is 0 Å². The van der Waals surface area contributed by atoms with Crippen molar-refractivity contribution in [1.82, 2.24) is 0 Å². The molecule has 0 nitrogen and oxygen atoms in total. The van der Waals surface area contributed by atoms with E-state index in [-0.39, 0.29) is 10.8 Å². The topological polar surface area (TPSA) is 0 Å². The van der Waals surface area contributed by atoms with E-state index in [1.165, 1.54) is 59.9 Å². The van der Waals surface area contributed by atoms with Crippen LogP contribution in [0.15, 0.2) is 89.5 Å². The molecule has 0 radical (unpaired) electrons. The summed E-state index contributed by atoms with van der Waals surface area (Å²) < 4.78 is 0. The highest BCUT2D eigenvalue weighted by Crippen LogP contribution is 2.56. The molecule has 2 aromatic carbocycles. The molecule has 0 N–H and O–H groups in total. The van der Waals surface area contributed by atoms with E-state index in [4.69, 9.17) is 0 Å². The number of fused-ring (bicyclic) bond motifs is 1. The molecule has 2 atom stereocenters. The lowest BCUT2D eigenvalue weighted by Crippen LogP contribution is -2.30. The van der Waals surface area contributed by atoms with Gasteiger partial charge in [-0.05, 0) is 76.8 Å². The Labute approximate surface area is 195 Å². The highest BCUT2D eigenvalue weighted by atomic mass is 14.5. The van der Waals surface area contributed by atoms with Gasteiger partial charge in [-0.25, -0.2) is 0 Å². The summed E-state index contributed by atoms with van der Waals surface area (Å²) >= 11 is 0. The minimum atomic E-state index is -0.201. The van der Waals surface area contributed by atoms with Crippen LogP contribution in [0.2, 0.25) is 0 Å². The smallest absolute Gasteiger partial charge is 0.0635 e. The van der Waals surface area contributed by atoms with Gasteiger partial charge in [-0.1, -0.05) is 113 Å². The van der Waals surface area contributed by atoms with Crippen molar-refractivity contribution in [1.29, 1.82) is 0 Å². The second kappa shape index (κ2) is 8.22. The number of benzene rings is 2. The number of hydrogen-bond acceptors (Lipinski definition) is 0. The van der Waals surface area contributed by atoms with Crippen LogP contribution in [0.5, 0.6) is 0 Å². The Kier molecular flexibility index (Phi) is 5.52. The lowest BCUT2D eigenvalue weighted by atomic mass is 9.64. The highest BCUT2D eigenvalue weighted by molar-refractivity contribution is 5.66. The molecular weight excluding hydrogens is 384 g/mol. The maximum Gasteiger partial charge on any atom is 0.0635 e. The van der Waals surface area contributed by atoms with Crippen LogP contribution in [0.25, 0.3) is 0 Å². The van der Waals surface area contributed by atoms with E-state index in [0.717, 1.165) is 12.3 Å². The van der Waals surface area contributed by atoms with E-state index < -0.39 is 0 Å². The molecule has 0 spiro atoms. The second-order valence-corrected chi connectivity index (χ2v) is 11.0. The molecule has 2 aromatic rings. The lowest BCUT2D eigenvalue weighted by Gasteiger charge is -2.38. The minimum absolute atomic E-state index is 0.201. The zero-order valence-electron chi connectivity index (χ0n) is 20.3. The third-order valence-corrected chi connectivity index (χ3v) is 8.83. The Morgan fingerprint density at radius 3 is 2.16 bits per heavy atom. The second-order valence-electron chi connectivity index (χ2n) is 11.0. The molecule has 3 aliphatic carbocycles. The van der Waals surface area contributed by atoms with Crippen LogP contribution in [-0.2, 0) is 5.41 Å². The fraction of sp³-hybridized carbons (Fsp3) is 0.438. The van der Waals surface area contributed by atoms with Crippen molar-refractivity contribution in [2.75, 3.05) is 0 Å². The molecule has 0 saturated heterocycles. The van der Waals surface area contributed by atoms with Gasteiger partial charge in [-0.2, -0.15) is 0 Å². The molecule has 2 unspecified atom stereocenters. The summed E-state index contributed by atoms with van der Waals surface area (Å²) in [6, 6.07) is 20.9. The third-order valence-electron chi connectivity index (χ3n) is 8.83. The first-order valence-corrected chi connectivity index (χ1v) is 12.7. The molecule has 0 heterocycles. The maximum atomic E-state index is 2.63. The largest absolute Gasteiger partial charge is 0.0729 e. The van der Waals surface area contributed by atoms with Gasteiger partial charge < -0.3 is 0 Å². The van der Waals surface area contributed by atoms with Crippen molar-refractivity contribution in [2.45, 2.75) is 77.6 Å². The Morgan fingerprint density at radius 2 is 1.50 bits per heavy atom. The summed E-state index contributed by atoms with van der Waals surface area (Å²) in [6.07, 6.45) is 15.5.